The van der Waals surface area contributed by atoms with E-state index >= 15 is 0 Å². The molecule has 12 heteroatoms. The number of H-pyrrole nitrogens is 1. The molecule has 2 aromatic heterocycles. The van der Waals surface area contributed by atoms with Gasteiger partial charge in [-0.2, -0.15) is 0 Å². The second-order valence-corrected chi connectivity index (χ2v) is 9.97. The number of hydrogen-bond acceptors (Lipinski definition) is 9. The predicted molar refractivity (Wildman–Crippen MR) is 128 cm³/mol. The molecule has 0 radical (unpaired) electrons. The van der Waals surface area contributed by atoms with Crippen molar-refractivity contribution in [1.82, 2.24) is 14.1 Å². The molecule has 0 saturated carbocycles. The van der Waals surface area contributed by atoms with Crippen LogP contribution in [-0.4, -0.2) is 63.9 Å². The topological polar surface area (TPSA) is 123 Å². The lowest BCUT2D eigenvalue weighted by Crippen LogP contribution is -2.46. The Morgan fingerprint density at radius 3 is 2.54 bits per heavy atom. The summed E-state index contributed by atoms with van der Waals surface area (Å²) in [6, 6.07) is 1.72. The van der Waals surface area contributed by atoms with Gasteiger partial charge in [0.25, 0.3) is 5.56 Å². The molecule has 1 aliphatic rings. The van der Waals surface area contributed by atoms with Crippen LogP contribution in [0.25, 0.3) is 11.0 Å². The van der Waals surface area contributed by atoms with E-state index in [9.17, 15) is 14.4 Å². The van der Waals surface area contributed by atoms with Crippen LogP contribution >= 0.6 is 12.2 Å². The SMILES string of the molecule is CC(C)OCCn1c(=S)[nH]c(=O)c2c1ccn2COC(=O)C(C)(C)C(=O)OC1COC(C)(C)OC1. The van der Waals surface area contributed by atoms with E-state index in [1.165, 1.54) is 18.4 Å². The molecule has 194 valence electrons. The van der Waals surface area contributed by atoms with Crippen molar-refractivity contribution < 1.29 is 33.3 Å². The van der Waals surface area contributed by atoms with E-state index in [0.29, 0.717) is 18.7 Å². The average molecular weight is 512 g/mol. The number of aromatic amines is 1. The first-order chi connectivity index (χ1) is 16.3. The molecule has 2 aromatic rings. The smallest absolute Gasteiger partial charge is 0.324 e. The Morgan fingerprint density at radius 1 is 1.26 bits per heavy atom. The zero-order valence-corrected chi connectivity index (χ0v) is 21.7. The number of esters is 2. The molecule has 0 spiro atoms. The number of rotatable bonds is 9. The molecule has 3 heterocycles. The zero-order chi connectivity index (χ0) is 26.0. The number of carbonyl (C=O) groups excluding carboxylic acids is 2. The summed E-state index contributed by atoms with van der Waals surface area (Å²) in [5.41, 5.74) is -1.12. The van der Waals surface area contributed by atoms with Crippen molar-refractivity contribution in [1.29, 1.82) is 0 Å². The maximum Gasteiger partial charge on any atom is 0.324 e. The summed E-state index contributed by atoms with van der Waals surface area (Å²) < 4.78 is 30.9. The Balaban J connectivity index is 1.68. The van der Waals surface area contributed by atoms with Crippen molar-refractivity contribution in [2.24, 2.45) is 5.41 Å². The third kappa shape index (κ3) is 6.37. The van der Waals surface area contributed by atoms with Crippen LogP contribution in [0.3, 0.4) is 0 Å². The van der Waals surface area contributed by atoms with Crippen molar-refractivity contribution in [2.75, 3.05) is 19.8 Å². The van der Waals surface area contributed by atoms with Crippen LogP contribution in [0, 0.1) is 10.2 Å². The molecule has 1 aliphatic heterocycles. The Hall–Kier alpha value is -2.54. The zero-order valence-electron chi connectivity index (χ0n) is 20.9. The summed E-state index contributed by atoms with van der Waals surface area (Å²) in [7, 11) is 0. The molecule has 35 heavy (non-hydrogen) atoms. The summed E-state index contributed by atoms with van der Waals surface area (Å²) in [4.78, 5) is 40.7. The highest BCUT2D eigenvalue weighted by Crippen LogP contribution is 2.24. The molecular weight excluding hydrogens is 478 g/mol. The minimum absolute atomic E-state index is 0.0616. The third-order valence-electron chi connectivity index (χ3n) is 5.54. The molecule has 0 aromatic carbocycles. The highest BCUT2D eigenvalue weighted by Gasteiger charge is 2.42. The van der Waals surface area contributed by atoms with Gasteiger partial charge in [0.2, 0.25) is 0 Å². The minimum Gasteiger partial charge on any atom is -0.457 e. The summed E-state index contributed by atoms with van der Waals surface area (Å²) in [5, 5.41) is 0. The lowest BCUT2D eigenvalue weighted by atomic mass is 9.94. The lowest BCUT2D eigenvalue weighted by molar-refractivity contribution is -0.277. The lowest BCUT2D eigenvalue weighted by Gasteiger charge is -2.35. The molecular formula is C23H33N3O8S. The Morgan fingerprint density at radius 2 is 1.91 bits per heavy atom. The van der Waals surface area contributed by atoms with E-state index in [1.54, 1.807) is 30.7 Å². The van der Waals surface area contributed by atoms with Crippen LogP contribution in [-0.2, 0) is 46.5 Å². The van der Waals surface area contributed by atoms with Gasteiger partial charge in [-0.15, -0.1) is 0 Å². The third-order valence-corrected chi connectivity index (χ3v) is 5.86. The standard InChI is InChI=1S/C23H33N3O8S/c1-14(2)30-10-9-26-16-7-8-25(17(16)18(27)24-21(26)35)13-31-19(28)22(3,4)20(29)34-15-11-32-23(5,6)33-12-15/h7-8,14-15H,9-13H2,1-6H3,(H,24,27,35). The number of aromatic nitrogens is 3. The second kappa shape index (κ2) is 10.6. The fourth-order valence-corrected chi connectivity index (χ4v) is 3.69. The van der Waals surface area contributed by atoms with Gasteiger partial charge >= 0.3 is 11.9 Å². The number of hydrogen-bond donors (Lipinski definition) is 1. The van der Waals surface area contributed by atoms with Gasteiger partial charge in [-0.1, -0.05) is 0 Å². The predicted octanol–water partition coefficient (Wildman–Crippen LogP) is 2.51. The molecule has 0 unspecified atom stereocenters. The maximum atomic E-state index is 12.8. The van der Waals surface area contributed by atoms with E-state index in [4.69, 9.17) is 35.9 Å². The van der Waals surface area contributed by atoms with E-state index in [1.807, 2.05) is 13.8 Å². The first-order valence-corrected chi connectivity index (χ1v) is 11.8. The molecule has 0 amide bonds. The summed E-state index contributed by atoms with van der Waals surface area (Å²) in [6.45, 7) is 11.1. The normalized spacial score (nSPS) is 16.5. The quantitative estimate of drug-likeness (QED) is 0.307. The summed E-state index contributed by atoms with van der Waals surface area (Å²) in [5.74, 6) is -2.30. The van der Waals surface area contributed by atoms with Crippen molar-refractivity contribution in [3.63, 3.8) is 0 Å². The van der Waals surface area contributed by atoms with Gasteiger partial charge in [0.15, 0.2) is 22.7 Å². The van der Waals surface area contributed by atoms with Gasteiger partial charge in [-0.05, 0) is 59.8 Å². The van der Waals surface area contributed by atoms with Crippen LogP contribution < -0.4 is 5.56 Å². The van der Waals surface area contributed by atoms with Crippen molar-refractivity contribution in [3.8, 4) is 0 Å². The van der Waals surface area contributed by atoms with Crippen LogP contribution in [0.5, 0.6) is 0 Å². The highest BCUT2D eigenvalue weighted by atomic mass is 32.1. The van der Waals surface area contributed by atoms with Crippen molar-refractivity contribution in [2.45, 2.75) is 72.8 Å². The number of nitrogens with zero attached hydrogens (tertiary/aromatic N) is 2. The van der Waals surface area contributed by atoms with Crippen LogP contribution in [0.1, 0.15) is 41.5 Å². The Bertz CT molecular complexity index is 1180. The molecule has 0 atom stereocenters. The van der Waals surface area contributed by atoms with Crippen molar-refractivity contribution >= 4 is 35.2 Å². The molecule has 1 fully saturated rings. The van der Waals surface area contributed by atoms with Crippen LogP contribution in [0.15, 0.2) is 17.1 Å². The number of fused-ring (bicyclic) bond motifs is 1. The minimum atomic E-state index is -1.58. The van der Waals surface area contributed by atoms with Gasteiger partial charge in [-0.25, -0.2) is 0 Å². The largest absolute Gasteiger partial charge is 0.457 e. The maximum absolute atomic E-state index is 12.8. The Kier molecular flexibility index (Phi) is 8.20. The molecule has 1 N–H and O–H groups in total. The van der Waals surface area contributed by atoms with E-state index in [-0.39, 0.29) is 36.3 Å². The number of ether oxygens (including phenoxy) is 5. The van der Waals surface area contributed by atoms with E-state index in [2.05, 4.69) is 4.98 Å². The van der Waals surface area contributed by atoms with Gasteiger partial charge in [-0.3, -0.25) is 19.4 Å². The molecule has 11 nitrogen and oxygen atoms in total. The van der Waals surface area contributed by atoms with Crippen LogP contribution in [0.2, 0.25) is 0 Å². The Labute approximate surface area is 208 Å². The van der Waals surface area contributed by atoms with Gasteiger partial charge in [0, 0.05) is 12.7 Å². The molecule has 1 saturated heterocycles. The van der Waals surface area contributed by atoms with Crippen LogP contribution in [0.4, 0.5) is 0 Å². The molecule has 3 rings (SSSR count). The first kappa shape index (κ1) is 27.1. The number of carbonyl (C=O) groups is 2. The molecule has 0 bridgehead atoms. The van der Waals surface area contributed by atoms with Gasteiger partial charge < -0.3 is 32.8 Å². The summed E-state index contributed by atoms with van der Waals surface area (Å²) >= 11 is 5.31. The monoisotopic (exact) mass is 511 g/mol. The second-order valence-electron chi connectivity index (χ2n) is 9.58. The first-order valence-electron chi connectivity index (χ1n) is 11.4. The average Bonchev–Trinajstić information content (AvgIpc) is 3.19. The van der Waals surface area contributed by atoms with E-state index in [0.717, 1.165) is 0 Å². The summed E-state index contributed by atoms with van der Waals surface area (Å²) in [6.07, 6.45) is 1.05. The van der Waals surface area contributed by atoms with Gasteiger partial charge in [0.05, 0.1) is 31.4 Å². The van der Waals surface area contributed by atoms with Crippen molar-refractivity contribution in [3.05, 3.63) is 27.4 Å². The number of nitrogens with one attached hydrogen (secondary N) is 1. The highest BCUT2D eigenvalue weighted by molar-refractivity contribution is 7.71. The van der Waals surface area contributed by atoms with E-state index < -0.39 is 34.8 Å². The van der Waals surface area contributed by atoms with Gasteiger partial charge in [0.1, 0.15) is 11.6 Å². The fraction of sp³-hybridized carbons (Fsp3) is 0.652. The fourth-order valence-electron chi connectivity index (χ4n) is 3.40. The molecule has 0 aliphatic carbocycles.